The van der Waals surface area contributed by atoms with Crippen molar-refractivity contribution in [3.8, 4) is 11.6 Å². The lowest BCUT2D eigenvalue weighted by Gasteiger charge is -2.35. The number of fused-ring (bicyclic) bond motifs is 1. The van der Waals surface area contributed by atoms with E-state index in [1.165, 1.54) is 20.0 Å². The number of para-hydroxylation sites is 1. The van der Waals surface area contributed by atoms with E-state index in [1.54, 1.807) is 4.90 Å². The zero-order chi connectivity index (χ0) is 22.6. The van der Waals surface area contributed by atoms with E-state index in [1.807, 2.05) is 42.5 Å². The fourth-order valence-electron chi connectivity index (χ4n) is 3.91. The molecule has 0 unspecified atom stereocenters. The quantitative estimate of drug-likeness (QED) is 0.540. The Morgan fingerprint density at radius 1 is 1.06 bits per heavy atom. The highest BCUT2D eigenvalue weighted by Crippen LogP contribution is 2.31. The van der Waals surface area contributed by atoms with Crippen LogP contribution in [0.25, 0.3) is 10.9 Å². The van der Waals surface area contributed by atoms with E-state index in [0.29, 0.717) is 24.7 Å². The Kier molecular flexibility index (Phi) is 6.06. The maximum Gasteiger partial charge on any atom is 0.434 e. The van der Waals surface area contributed by atoms with E-state index in [-0.39, 0.29) is 0 Å². The first-order valence-electron chi connectivity index (χ1n) is 11.3. The van der Waals surface area contributed by atoms with Crippen LogP contribution < -0.4 is 19.9 Å². The second kappa shape index (κ2) is 9.44. The number of hydrogen-bond donors (Lipinski definition) is 1. The summed E-state index contributed by atoms with van der Waals surface area (Å²) in [5.74, 6) is 2.00. The predicted molar refractivity (Wildman–Crippen MR) is 127 cm³/mol. The average molecular weight is 449 g/mol. The molecule has 1 aliphatic heterocycles. The number of carbonyl (C=O) groups is 1. The van der Waals surface area contributed by atoms with Gasteiger partial charge in [-0.15, -0.1) is 0 Å². The van der Waals surface area contributed by atoms with Crippen molar-refractivity contribution in [1.82, 2.24) is 9.88 Å². The lowest BCUT2D eigenvalue weighted by molar-refractivity contribution is 0.119. The Morgan fingerprint density at radius 3 is 2.67 bits per heavy atom. The Labute approximate surface area is 193 Å². The fraction of sp³-hybridized carbons (Fsp3) is 0.360. The molecule has 8 nitrogen and oxygen atoms in total. The number of benzene rings is 2. The number of methoxy groups -OCH3 is 1. The molecule has 172 valence electrons. The lowest BCUT2D eigenvalue weighted by Crippen LogP contribution is -2.49. The Morgan fingerprint density at radius 2 is 1.88 bits per heavy atom. The van der Waals surface area contributed by atoms with Gasteiger partial charge in [-0.1, -0.05) is 24.3 Å². The van der Waals surface area contributed by atoms with Gasteiger partial charge >= 0.3 is 6.09 Å². The van der Waals surface area contributed by atoms with Gasteiger partial charge in [0.2, 0.25) is 5.88 Å². The van der Waals surface area contributed by atoms with Crippen LogP contribution >= 0.6 is 0 Å². The molecular weight excluding hydrogens is 420 g/mol. The number of hydrogen-bond acceptors (Lipinski definition) is 7. The Hall–Kier alpha value is -3.68. The molecule has 1 aromatic heterocycles. The number of amides is 1. The molecule has 0 atom stereocenters. The van der Waals surface area contributed by atoms with Gasteiger partial charge in [-0.2, -0.15) is 0 Å². The molecule has 0 bridgehead atoms. The van der Waals surface area contributed by atoms with Crippen LogP contribution in [0.1, 0.15) is 12.8 Å². The molecular formula is C25H28N4O4. The summed E-state index contributed by atoms with van der Waals surface area (Å²) < 4.78 is 11.2. The summed E-state index contributed by atoms with van der Waals surface area (Å²) in [5, 5.41) is 0.925. The van der Waals surface area contributed by atoms with Gasteiger partial charge in [0.25, 0.3) is 0 Å². The third-order valence-corrected chi connectivity index (χ3v) is 6.03. The van der Waals surface area contributed by atoms with Crippen molar-refractivity contribution in [2.45, 2.75) is 12.8 Å². The molecule has 2 aliphatic rings. The number of aromatic nitrogens is 1. The molecule has 8 heteroatoms. The second-order valence-corrected chi connectivity index (χ2v) is 8.43. The first-order chi connectivity index (χ1) is 16.2. The van der Waals surface area contributed by atoms with Crippen molar-refractivity contribution in [2.75, 3.05) is 50.3 Å². The molecule has 1 amide bonds. The van der Waals surface area contributed by atoms with Gasteiger partial charge in [0.1, 0.15) is 11.4 Å². The van der Waals surface area contributed by atoms with Gasteiger partial charge < -0.3 is 24.1 Å². The molecule has 0 spiro atoms. The molecule has 2 heterocycles. The minimum atomic E-state index is -0.425. The molecule has 2 aromatic carbocycles. The van der Waals surface area contributed by atoms with Gasteiger partial charge in [0.05, 0.1) is 19.2 Å². The third-order valence-electron chi connectivity index (χ3n) is 6.03. The average Bonchev–Trinajstić information content (AvgIpc) is 3.70. The summed E-state index contributed by atoms with van der Waals surface area (Å²) in [6, 6.07) is 17.7. The highest BCUT2D eigenvalue weighted by atomic mass is 16.7. The molecule has 1 N–H and O–H groups in total. The third kappa shape index (κ3) is 5.05. The van der Waals surface area contributed by atoms with E-state index in [2.05, 4.69) is 27.5 Å². The van der Waals surface area contributed by atoms with E-state index in [4.69, 9.17) is 14.3 Å². The van der Waals surface area contributed by atoms with Crippen LogP contribution in [0.5, 0.6) is 11.6 Å². The van der Waals surface area contributed by atoms with Crippen LogP contribution in [0, 0.1) is 5.92 Å². The predicted octanol–water partition coefficient (Wildman–Crippen LogP) is 4.32. The largest absolute Gasteiger partial charge is 0.493 e. The maximum absolute atomic E-state index is 12.6. The monoisotopic (exact) mass is 448 g/mol. The maximum atomic E-state index is 12.6. The molecule has 5 rings (SSSR count). The van der Waals surface area contributed by atoms with E-state index in [0.717, 1.165) is 48.0 Å². The second-order valence-electron chi connectivity index (χ2n) is 8.43. The standard InChI is InChI=1S/C25H28N4O4/c1-31-24-23(15-19-5-2-3-8-22(19)26-24)27-33-25(30)29-13-11-28(12-14-29)20-6-4-7-21(16-20)32-17-18-9-10-18/h2-8,15-16,18,27H,9-14,17H2,1H3. The van der Waals surface area contributed by atoms with Crippen molar-refractivity contribution in [2.24, 2.45) is 5.92 Å². The molecule has 0 radical (unpaired) electrons. The van der Waals surface area contributed by atoms with Gasteiger partial charge in [0, 0.05) is 43.3 Å². The van der Waals surface area contributed by atoms with Crippen molar-refractivity contribution in [1.29, 1.82) is 0 Å². The summed E-state index contributed by atoms with van der Waals surface area (Å²) in [6.07, 6.45) is 2.12. The van der Waals surface area contributed by atoms with Crippen LogP contribution in [0.4, 0.5) is 16.2 Å². The zero-order valence-corrected chi connectivity index (χ0v) is 18.7. The smallest absolute Gasteiger partial charge is 0.434 e. The van der Waals surface area contributed by atoms with E-state index < -0.39 is 6.09 Å². The summed E-state index contributed by atoms with van der Waals surface area (Å²) in [5.41, 5.74) is 5.15. The van der Waals surface area contributed by atoms with E-state index >= 15 is 0 Å². The Balaban J connectivity index is 1.15. The number of carbonyl (C=O) groups excluding carboxylic acids is 1. The van der Waals surface area contributed by atoms with Gasteiger partial charge in [-0.25, -0.2) is 15.3 Å². The van der Waals surface area contributed by atoms with Crippen molar-refractivity contribution in [3.63, 3.8) is 0 Å². The fourth-order valence-corrected chi connectivity index (χ4v) is 3.91. The van der Waals surface area contributed by atoms with Crippen LogP contribution in [-0.4, -0.2) is 55.9 Å². The van der Waals surface area contributed by atoms with Gasteiger partial charge in [-0.3, -0.25) is 0 Å². The molecule has 3 aromatic rings. The van der Waals surface area contributed by atoms with Gasteiger partial charge in [-0.05, 0) is 43.0 Å². The minimum absolute atomic E-state index is 0.370. The highest BCUT2D eigenvalue weighted by molar-refractivity contribution is 5.84. The van der Waals surface area contributed by atoms with Crippen molar-refractivity contribution >= 4 is 28.4 Å². The number of rotatable bonds is 7. The number of anilines is 2. The van der Waals surface area contributed by atoms with Crippen molar-refractivity contribution < 1.29 is 19.1 Å². The highest BCUT2D eigenvalue weighted by Gasteiger charge is 2.24. The summed E-state index contributed by atoms with van der Waals surface area (Å²) in [6.45, 7) is 3.39. The van der Waals surface area contributed by atoms with Crippen LogP contribution in [-0.2, 0) is 4.84 Å². The molecule has 1 saturated carbocycles. The van der Waals surface area contributed by atoms with Crippen LogP contribution in [0.3, 0.4) is 0 Å². The molecule has 33 heavy (non-hydrogen) atoms. The zero-order valence-electron chi connectivity index (χ0n) is 18.7. The van der Waals surface area contributed by atoms with Crippen LogP contribution in [0.2, 0.25) is 0 Å². The number of piperazine rings is 1. The first kappa shape index (κ1) is 21.2. The number of nitrogens with one attached hydrogen (secondary N) is 1. The number of pyridine rings is 1. The SMILES string of the molecule is COc1nc2ccccc2cc1NOC(=O)N1CCN(c2cccc(OCC3CC3)c2)CC1. The minimum Gasteiger partial charge on any atom is -0.493 e. The summed E-state index contributed by atoms with van der Waals surface area (Å²) in [7, 11) is 1.54. The first-order valence-corrected chi connectivity index (χ1v) is 11.3. The van der Waals surface area contributed by atoms with Crippen LogP contribution in [0.15, 0.2) is 54.6 Å². The lowest BCUT2D eigenvalue weighted by atomic mass is 10.2. The topological polar surface area (TPSA) is 76.2 Å². The Bertz CT molecular complexity index is 1130. The number of ether oxygens (including phenoxy) is 2. The van der Waals surface area contributed by atoms with Gasteiger partial charge in [0.15, 0.2) is 0 Å². The summed E-state index contributed by atoms with van der Waals surface area (Å²) in [4.78, 5) is 26.4. The normalized spacial score (nSPS) is 15.9. The summed E-state index contributed by atoms with van der Waals surface area (Å²) >= 11 is 0. The van der Waals surface area contributed by atoms with Crippen molar-refractivity contribution in [3.05, 3.63) is 54.6 Å². The number of nitrogens with zero attached hydrogens (tertiary/aromatic N) is 3. The molecule has 1 aliphatic carbocycles. The molecule has 1 saturated heterocycles. The van der Waals surface area contributed by atoms with E-state index in [9.17, 15) is 4.79 Å². The molecule has 2 fully saturated rings.